The normalized spacial score (nSPS) is 13.5. The molecular weight excluding hydrogens is 294 g/mol. The van der Waals surface area contributed by atoms with Gasteiger partial charge in [-0.2, -0.15) is 0 Å². The van der Waals surface area contributed by atoms with E-state index in [-0.39, 0.29) is 18.7 Å². The van der Waals surface area contributed by atoms with Crippen molar-refractivity contribution >= 4 is 5.91 Å². The van der Waals surface area contributed by atoms with Crippen molar-refractivity contribution in [1.29, 1.82) is 0 Å². The van der Waals surface area contributed by atoms with Gasteiger partial charge < -0.3 is 19.5 Å². The Morgan fingerprint density at radius 2 is 1.91 bits per heavy atom. The second-order valence-corrected chi connectivity index (χ2v) is 5.43. The molecule has 0 spiro atoms. The quantitative estimate of drug-likeness (QED) is 0.922. The first-order chi connectivity index (χ1) is 11.2. The Morgan fingerprint density at radius 1 is 1.17 bits per heavy atom. The van der Waals surface area contributed by atoms with E-state index in [0.29, 0.717) is 6.42 Å². The minimum Gasteiger partial charge on any atom is -0.497 e. The summed E-state index contributed by atoms with van der Waals surface area (Å²) in [5, 5.41) is 3.00. The molecule has 0 aromatic heterocycles. The average molecular weight is 313 g/mol. The summed E-state index contributed by atoms with van der Waals surface area (Å²) in [6, 6.07) is 13.1. The highest BCUT2D eigenvalue weighted by atomic mass is 16.7. The van der Waals surface area contributed by atoms with Crippen LogP contribution >= 0.6 is 0 Å². The van der Waals surface area contributed by atoms with E-state index in [1.807, 2.05) is 49.4 Å². The Hall–Kier alpha value is -2.69. The molecule has 5 heteroatoms. The molecule has 0 saturated carbocycles. The Bertz CT molecular complexity index is 697. The predicted molar refractivity (Wildman–Crippen MR) is 85.8 cm³/mol. The van der Waals surface area contributed by atoms with Crippen molar-refractivity contribution in [3.8, 4) is 17.2 Å². The molecule has 1 amide bonds. The molecule has 2 aromatic rings. The molecule has 0 saturated heterocycles. The van der Waals surface area contributed by atoms with Gasteiger partial charge in [-0.1, -0.05) is 18.2 Å². The molecule has 0 radical (unpaired) electrons. The maximum absolute atomic E-state index is 12.2. The number of amides is 1. The molecule has 0 bridgehead atoms. The van der Waals surface area contributed by atoms with Crippen molar-refractivity contribution in [3.05, 3.63) is 53.6 Å². The molecular formula is C18H19NO4. The van der Waals surface area contributed by atoms with E-state index in [9.17, 15) is 4.79 Å². The molecule has 0 fully saturated rings. The molecule has 1 aliphatic rings. The third-order valence-corrected chi connectivity index (χ3v) is 3.80. The van der Waals surface area contributed by atoms with E-state index in [0.717, 1.165) is 28.4 Å². The fourth-order valence-electron chi connectivity index (χ4n) is 2.49. The van der Waals surface area contributed by atoms with Gasteiger partial charge in [0, 0.05) is 0 Å². The van der Waals surface area contributed by atoms with E-state index in [4.69, 9.17) is 14.2 Å². The molecule has 1 N–H and O–H groups in total. The highest BCUT2D eigenvalue weighted by Crippen LogP contribution is 2.34. The molecule has 1 heterocycles. The van der Waals surface area contributed by atoms with Gasteiger partial charge in [0.2, 0.25) is 12.7 Å². The first-order valence-corrected chi connectivity index (χ1v) is 7.47. The zero-order valence-electron chi connectivity index (χ0n) is 13.2. The van der Waals surface area contributed by atoms with Crippen LogP contribution in [0.4, 0.5) is 0 Å². The molecule has 5 nitrogen and oxygen atoms in total. The number of hydrogen-bond donors (Lipinski definition) is 1. The number of carbonyl (C=O) groups is 1. The second-order valence-electron chi connectivity index (χ2n) is 5.43. The number of ether oxygens (including phenoxy) is 3. The first-order valence-electron chi connectivity index (χ1n) is 7.47. The average Bonchev–Trinajstić information content (AvgIpc) is 3.03. The van der Waals surface area contributed by atoms with Gasteiger partial charge in [0.25, 0.3) is 0 Å². The smallest absolute Gasteiger partial charge is 0.231 e. The van der Waals surface area contributed by atoms with Gasteiger partial charge in [0.05, 0.1) is 19.6 Å². The minimum absolute atomic E-state index is 0.0275. The van der Waals surface area contributed by atoms with Crippen LogP contribution in [0, 0.1) is 0 Å². The van der Waals surface area contributed by atoms with Gasteiger partial charge in [0.15, 0.2) is 11.5 Å². The van der Waals surface area contributed by atoms with Gasteiger partial charge in [-0.15, -0.1) is 0 Å². The summed E-state index contributed by atoms with van der Waals surface area (Å²) in [6.07, 6.45) is 0.332. The van der Waals surface area contributed by atoms with E-state index in [1.54, 1.807) is 7.11 Å². The van der Waals surface area contributed by atoms with Crippen molar-refractivity contribution in [3.63, 3.8) is 0 Å². The van der Waals surface area contributed by atoms with Gasteiger partial charge in [-0.25, -0.2) is 0 Å². The highest BCUT2D eigenvalue weighted by Gasteiger charge is 2.16. The van der Waals surface area contributed by atoms with Gasteiger partial charge in [-0.3, -0.25) is 4.79 Å². The molecule has 120 valence electrons. The summed E-state index contributed by atoms with van der Waals surface area (Å²) in [6.45, 7) is 2.19. The number of nitrogens with one attached hydrogen (secondary N) is 1. The third kappa shape index (κ3) is 3.56. The van der Waals surface area contributed by atoms with E-state index in [2.05, 4.69) is 5.32 Å². The Balaban J connectivity index is 1.60. The third-order valence-electron chi connectivity index (χ3n) is 3.80. The van der Waals surface area contributed by atoms with Crippen molar-refractivity contribution in [2.45, 2.75) is 19.4 Å². The fraction of sp³-hybridized carbons (Fsp3) is 0.278. The Morgan fingerprint density at radius 3 is 2.65 bits per heavy atom. The molecule has 1 unspecified atom stereocenters. The van der Waals surface area contributed by atoms with Crippen molar-refractivity contribution in [2.75, 3.05) is 13.9 Å². The first kappa shape index (κ1) is 15.2. The SMILES string of the molecule is COc1ccc(CC(=O)NC(C)c2ccc3c(c2)OCO3)cc1. The van der Waals surface area contributed by atoms with Gasteiger partial charge in [-0.05, 0) is 42.3 Å². The van der Waals surface area contributed by atoms with E-state index in [1.165, 1.54) is 0 Å². The Kier molecular flexibility index (Phi) is 4.37. The van der Waals surface area contributed by atoms with Crippen LogP contribution in [0.25, 0.3) is 0 Å². The lowest BCUT2D eigenvalue weighted by Gasteiger charge is -2.15. The topological polar surface area (TPSA) is 56.8 Å². The zero-order valence-corrected chi connectivity index (χ0v) is 13.2. The Labute approximate surface area is 135 Å². The molecule has 1 aliphatic heterocycles. The van der Waals surface area contributed by atoms with Crippen LogP contribution in [-0.4, -0.2) is 19.8 Å². The lowest BCUT2D eigenvalue weighted by Crippen LogP contribution is -2.28. The molecule has 3 rings (SSSR count). The molecule has 23 heavy (non-hydrogen) atoms. The van der Waals surface area contributed by atoms with E-state index >= 15 is 0 Å². The number of benzene rings is 2. The molecule has 0 aliphatic carbocycles. The number of rotatable bonds is 5. The van der Waals surface area contributed by atoms with Crippen LogP contribution in [-0.2, 0) is 11.2 Å². The van der Waals surface area contributed by atoms with Crippen LogP contribution in [0.2, 0.25) is 0 Å². The fourth-order valence-corrected chi connectivity index (χ4v) is 2.49. The predicted octanol–water partition coefficient (Wildman–Crippen LogP) is 2.84. The van der Waals surface area contributed by atoms with Crippen molar-refractivity contribution < 1.29 is 19.0 Å². The van der Waals surface area contributed by atoms with E-state index < -0.39 is 0 Å². The lowest BCUT2D eigenvalue weighted by atomic mass is 10.1. The van der Waals surface area contributed by atoms with Gasteiger partial charge >= 0.3 is 0 Å². The monoisotopic (exact) mass is 313 g/mol. The maximum Gasteiger partial charge on any atom is 0.231 e. The number of methoxy groups -OCH3 is 1. The van der Waals surface area contributed by atoms with Crippen LogP contribution in [0.5, 0.6) is 17.2 Å². The van der Waals surface area contributed by atoms with Crippen LogP contribution in [0.3, 0.4) is 0 Å². The van der Waals surface area contributed by atoms with Crippen molar-refractivity contribution in [2.24, 2.45) is 0 Å². The highest BCUT2D eigenvalue weighted by molar-refractivity contribution is 5.79. The van der Waals surface area contributed by atoms with Crippen LogP contribution < -0.4 is 19.5 Å². The zero-order chi connectivity index (χ0) is 16.2. The number of hydrogen-bond acceptors (Lipinski definition) is 4. The number of fused-ring (bicyclic) bond motifs is 1. The largest absolute Gasteiger partial charge is 0.497 e. The maximum atomic E-state index is 12.2. The summed E-state index contributed by atoms with van der Waals surface area (Å²) in [5.74, 6) is 2.22. The minimum atomic E-state index is -0.102. The number of carbonyl (C=O) groups excluding carboxylic acids is 1. The summed E-state index contributed by atoms with van der Waals surface area (Å²) >= 11 is 0. The summed E-state index contributed by atoms with van der Waals surface area (Å²) in [7, 11) is 1.62. The second kappa shape index (κ2) is 6.60. The molecule has 2 aromatic carbocycles. The van der Waals surface area contributed by atoms with Gasteiger partial charge in [0.1, 0.15) is 5.75 Å². The van der Waals surface area contributed by atoms with Crippen molar-refractivity contribution in [1.82, 2.24) is 5.32 Å². The summed E-state index contributed by atoms with van der Waals surface area (Å²) in [4.78, 5) is 12.2. The van der Waals surface area contributed by atoms with Crippen LogP contribution in [0.15, 0.2) is 42.5 Å². The molecule has 1 atom stereocenters. The lowest BCUT2D eigenvalue weighted by molar-refractivity contribution is -0.121. The summed E-state index contributed by atoms with van der Waals surface area (Å²) < 4.78 is 15.8. The standard InChI is InChI=1S/C18H19NO4/c1-12(14-5-8-16-17(10-14)23-11-22-16)19-18(20)9-13-3-6-15(21-2)7-4-13/h3-8,10,12H,9,11H2,1-2H3,(H,19,20). The summed E-state index contributed by atoms with van der Waals surface area (Å²) in [5.41, 5.74) is 1.93. The van der Waals surface area contributed by atoms with Crippen LogP contribution in [0.1, 0.15) is 24.1 Å².